The van der Waals surface area contributed by atoms with E-state index in [2.05, 4.69) is 10.2 Å². The molecular weight excluding hydrogens is 323 g/mol. The van der Waals surface area contributed by atoms with Crippen LogP contribution in [0.25, 0.3) is 0 Å². The van der Waals surface area contributed by atoms with Crippen molar-refractivity contribution in [1.82, 2.24) is 19.7 Å². The molecule has 1 amide bonds. The maximum Gasteiger partial charge on any atom is 0.223 e. The molecule has 6 nitrogen and oxygen atoms in total. The maximum absolute atomic E-state index is 12.9. The molecule has 1 aromatic carbocycles. The zero-order valence-electron chi connectivity index (χ0n) is 14.4. The van der Waals surface area contributed by atoms with E-state index in [-0.39, 0.29) is 11.7 Å². The average Bonchev–Trinajstić information content (AvgIpc) is 3.04. The number of carbonyl (C=O) groups excluding carboxylic acids is 1. The van der Waals surface area contributed by atoms with Crippen LogP contribution in [-0.2, 0) is 18.3 Å². The summed E-state index contributed by atoms with van der Waals surface area (Å²) >= 11 is 0. The molecule has 0 saturated carbocycles. The molecule has 0 radical (unpaired) electrons. The lowest BCUT2D eigenvalue weighted by atomic mass is 9.98. The van der Waals surface area contributed by atoms with Crippen molar-refractivity contribution in [1.29, 1.82) is 0 Å². The van der Waals surface area contributed by atoms with Gasteiger partial charge in [-0.05, 0) is 37.1 Å². The zero-order chi connectivity index (χ0) is 17.6. The lowest BCUT2D eigenvalue weighted by molar-refractivity contribution is -0.133. The molecule has 3 rings (SSSR count). The summed E-state index contributed by atoms with van der Waals surface area (Å²) < 4.78 is 20.5. The van der Waals surface area contributed by atoms with Gasteiger partial charge in [0, 0.05) is 38.9 Å². The molecule has 2 heterocycles. The number of amides is 1. The summed E-state index contributed by atoms with van der Waals surface area (Å²) in [6, 6.07) is 6.03. The van der Waals surface area contributed by atoms with Crippen molar-refractivity contribution < 1.29 is 13.9 Å². The van der Waals surface area contributed by atoms with Crippen LogP contribution in [-0.4, -0.2) is 45.3 Å². The van der Waals surface area contributed by atoms with E-state index in [1.54, 1.807) is 18.5 Å². The minimum Gasteiger partial charge on any atom is -0.493 e. The number of ether oxygens (including phenoxy) is 1. The monoisotopic (exact) mass is 346 g/mol. The molecule has 2 aromatic rings. The van der Waals surface area contributed by atoms with E-state index in [1.165, 1.54) is 12.1 Å². The number of carbonyl (C=O) groups is 1. The lowest BCUT2D eigenvalue weighted by Crippen LogP contribution is -2.41. The van der Waals surface area contributed by atoms with Gasteiger partial charge in [0.1, 0.15) is 23.7 Å². The first kappa shape index (κ1) is 17.4. The van der Waals surface area contributed by atoms with Crippen LogP contribution < -0.4 is 4.74 Å². The highest BCUT2D eigenvalue weighted by Gasteiger charge is 2.24. The Bertz CT molecular complexity index is 701. The summed E-state index contributed by atoms with van der Waals surface area (Å²) in [6.07, 6.45) is 4.70. The fourth-order valence-corrected chi connectivity index (χ4v) is 3.08. The van der Waals surface area contributed by atoms with Crippen molar-refractivity contribution >= 4 is 5.91 Å². The predicted molar refractivity (Wildman–Crippen MR) is 90.5 cm³/mol. The van der Waals surface area contributed by atoms with Gasteiger partial charge in [0.05, 0.1) is 6.61 Å². The number of nitrogens with zero attached hydrogens (tertiary/aromatic N) is 4. The standard InChI is InChI=1S/C18H23FN4O2/c1-22-13-20-21-17(22)8-9-18(24)23-10-2-3-14(11-23)12-25-16-6-4-15(19)5-7-16/h4-7,13-14H,2-3,8-12H2,1H3/t14-/m1/s1. The van der Waals surface area contributed by atoms with Gasteiger partial charge in [-0.15, -0.1) is 10.2 Å². The average molecular weight is 346 g/mol. The van der Waals surface area contributed by atoms with Crippen LogP contribution in [0.3, 0.4) is 0 Å². The molecule has 134 valence electrons. The van der Waals surface area contributed by atoms with Crippen molar-refractivity contribution in [2.45, 2.75) is 25.7 Å². The molecule has 0 bridgehead atoms. The van der Waals surface area contributed by atoms with Crippen LogP contribution >= 0.6 is 0 Å². The van der Waals surface area contributed by atoms with Crippen molar-refractivity contribution in [3.8, 4) is 5.75 Å². The Morgan fingerprint density at radius 3 is 2.88 bits per heavy atom. The molecule has 1 aliphatic heterocycles. The van der Waals surface area contributed by atoms with Gasteiger partial charge in [0.15, 0.2) is 0 Å². The Balaban J connectivity index is 1.46. The molecule has 0 unspecified atom stereocenters. The number of hydrogen-bond acceptors (Lipinski definition) is 4. The minimum absolute atomic E-state index is 0.148. The third-order valence-electron chi connectivity index (χ3n) is 4.54. The number of hydrogen-bond donors (Lipinski definition) is 0. The first-order valence-electron chi connectivity index (χ1n) is 8.61. The Hall–Kier alpha value is -2.44. The van der Waals surface area contributed by atoms with Gasteiger partial charge in [0.25, 0.3) is 0 Å². The number of halogens is 1. The van der Waals surface area contributed by atoms with Gasteiger partial charge >= 0.3 is 0 Å². The quantitative estimate of drug-likeness (QED) is 0.805. The maximum atomic E-state index is 12.9. The number of likely N-dealkylation sites (tertiary alicyclic amines) is 1. The van der Waals surface area contributed by atoms with Gasteiger partial charge in [-0.3, -0.25) is 4.79 Å². The largest absolute Gasteiger partial charge is 0.493 e. The highest BCUT2D eigenvalue weighted by molar-refractivity contribution is 5.76. The van der Waals surface area contributed by atoms with E-state index >= 15 is 0 Å². The second-order valence-electron chi connectivity index (χ2n) is 6.47. The number of aryl methyl sites for hydroxylation is 2. The Kier molecular flexibility index (Phi) is 5.63. The Labute approximate surface area is 146 Å². The minimum atomic E-state index is -0.273. The van der Waals surface area contributed by atoms with E-state index in [0.717, 1.165) is 25.2 Å². The van der Waals surface area contributed by atoms with Gasteiger partial charge < -0.3 is 14.2 Å². The summed E-state index contributed by atoms with van der Waals surface area (Å²) in [7, 11) is 1.88. The molecule has 0 spiro atoms. The van der Waals surface area contributed by atoms with Crippen molar-refractivity contribution in [2.75, 3.05) is 19.7 Å². The van der Waals surface area contributed by atoms with E-state index in [4.69, 9.17) is 4.74 Å². The normalized spacial score (nSPS) is 17.5. The number of aromatic nitrogens is 3. The SMILES string of the molecule is Cn1cnnc1CCC(=O)N1CCC[C@@H](COc2ccc(F)cc2)C1. The van der Waals surface area contributed by atoms with E-state index in [9.17, 15) is 9.18 Å². The molecular formula is C18H23FN4O2. The van der Waals surface area contributed by atoms with Gasteiger partial charge in [-0.2, -0.15) is 0 Å². The van der Waals surface area contributed by atoms with Crippen molar-refractivity contribution in [2.24, 2.45) is 13.0 Å². The van der Waals surface area contributed by atoms with Gasteiger partial charge in [0.2, 0.25) is 5.91 Å². The first-order chi connectivity index (χ1) is 12.1. The summed E-state index contributed by atoms with van der Waals surface area (Å²) in [5.74, 6) is 1.66. The number of piperidine rings is 1. The van der Waals surface area contributed by atoms with Crippen molar-refractivity contribution in [3.63, 3.8) is 0 Å². The highest BCUT2D eigenvalue weighted by Crippen LogP contribution is 2.20. The van der Waals surface area contributed by atoms with Crippen molar-refractivity contribution in [3.05, 3.63) is 42.2 Å². The summed E-state index contributed by atoms with van der Waals surface area (Å²) in [4.78, 5) is 14.4. The van der Waals surface area contributed by atoms with Crippen LogP contribution in [0.1, 0.15) is 25.1 Å². The second-order valence-corrected chi connectivity index (χ2v) is 6.47. The fraction of sp³-hybridized carbons (Fsp3) is 0.500. The second kappa shape index (κ2) is 8.09. The number of benzene rings is 1. The third-order valence-corrected chi connectivity index (χ3v) is 4.54. The number of rotatable bonds is 6. The van der Waals surface area contributed by atoms with Crippen LogP contribution in [0.4, 0.5) is 4.39 Å². The van der Waals surface area contributed by atoms with Crippen LogP contribution in [0, 0.1) is 11.7 Å². The van der Waals surface area contributed by atoms with Crippen LogP contribution in [0.5, 0.6) is 5.75 Å². The van der Waals surface area contributed by atoms with Gasteiger partial charge in [-0.1, -0.05) is 0 Å². The van der Waals surface area contributed by atoms with E-state index in [1.807, 2.05) is 16.5 Å². The summed E-state index contributed by atoms with van der Waals surface area (Å²) in [6.45, 7) is 2.04. The first-order valence-corrected chi connectivity index (χ1v) is 8.61. The predicted octanol–water partition coefficient (Wildman–Crippen LogP) is 2.20. The van der Waals surface area contributed by atoms with Crippen LogP contribution in [0.2, 0.25) is 0 Å². The molecule has 0 aliphatic carbocycles. The third kappa shape index (κ3) is 4.78. The highest BCUT2D eigenvalue weighted by atomic mass is 19.1. The summed E-state index contributed by atoms with van der Waals surface area (Å²) in [5.41, 5.74) is 0. The molecule has 1 aromatic heterocycles. The molecule has 1 aliphatic rings. The van der Waals surface area contributed by atoms with Crippen LogP contribution in [0.15, 0.2) is 30.6 Å². The van der Waals surface area contributed by atoms with Gasteiger partial charge in [-0.25, -0.2) is 4.39 Å². The van der Waals surface area contributed by atoms with E-state index in [0.29, 0.717) is 37.7 Å². The molecule has 0 N–H and O–H groups in total. The van der Waals surface area contributed by atoms with E-state index < -0.39 is 0 Å². The zero-order valence-corrected chi connectivity index (χ0v) is 14.4. The topological polar surface area (TPSA) is 60.2 Å². The Morgan fingerprint density at radius 2 is 2.16 bits per heavy atom. The summed E-state index contributed by atoms with van der Waals surface area (Å²) in [5, 5.41) is 7.84. The fourth-order valence-electron chi connectivity index (χ4n) is 3.08. The smallest absolute Gasteiger partial charge is 0.223 e. The molecule has 1 fully saturated rings. The molecule has 25 heavy (non-hydrogen) atoms. The Morgan fingerprint density at radius 1 is 1.36 bits per heavy atom. The molecule has 7 heteroatoms. The molecule has 1 saturated heterocycles. The molecule has 1 atom stereocenters. The lowest BCUT2D eigenvalue weighted by Gasteiger charge is -2.32.